The highest BCUT2D eigenvalue weighted by Gasteiger charge is 2.50. The van der Waals surface area contributed by atoms with Crippen molar-refractivity contribution >= 4 is 11.8 Å². The highest BCUT2D eigenvalue weighted by molar-refractivity contribution is 5.96. The first-order valence-corrected chi connectivity index (χ1v) is 12.5. The highest BCUT2D eigenvalue weighted by atomic mass is 19.1. The second kappa shape index (κ2) is 11.7. The van der Waals surface area contributed by atoms with Gasteiger partial charge in [0, 0.05) is 30.6 Å². The average Bonchev–Trinajstić information content (AvgIpc) is 3.27. The number of nitrogens with one attached hydrogen (secondary N) is 1. The summed E-state index contributed by atoms with van der Waals surface area (Å²) in [6, 6.07) is 12.8. The van der Waals surface area contributed by atoms with Gasteiger partial charge < -0.3 is 25.2 Å². The number of halogens is 1. The van der Waals surface area contributed by atoms with Gasteiger partial charge in [0.05, 0.1) is 18.6 Å². The molecule has 4 atom stereocenters. The van der Waals surface area contributed by atoms with Gasteiger partial charge in [-0.3, -0.25) is 9.59 Å². The molecule has 0 saturated heterocycles. The Balaban J connectivity index is 1.69. The summed E-state index contributed by atoms with van der Waals surface area (Å²) in [7, 11) is 0. The Kier molecular flexibility index (Phi) is 8.38. The summed E-state index contributed by atoms with van der Waals surface area (Å²) in [4.78, 5) is 28.1. The van der Waals surface area contributed by atoms with Crippen LogP contribution in [0.3, 0.4) is 0 Å². The summed E-state index contributed by atoms with van der Waals surface area (Å²) in [5.41, 5.74) is 1.93. The topological polar surface area (TPSA) is 99.1 Å². The predicted octanol–water partition coefficient (Wildman–Crippen LogP) is 2.71. The number of benzene rings is 2. The third-order valence-corrected chi connectivity index (χ3v) is 6.83. The number of nitrogens with zero attached hydrogens (tertiary/aromatic N) is 1. The van der Waals surface area contributed by atoms with E-state index in [9.17, 15) is 24.2 Å². The molecule has 0 radical (unpaired) electrons. The molecule has 192 valence electrons. The number of unbranched alkanes of at least 4 members (excludes halogenated alkanes) is 1. The minimum atomic E-state index is -1.07. The molecule has 2 aliphatic rings. The normalized spacial score (nSPS) is 22.2. The van der Waals surface area contributed by atoms with Crippen molar-refractivity contribution in [2.24, 2.45) is 0 Å². The number of para-hydroxylation sites is 1. The Morgan fingerprint density at radius 1 is 1.17 bits per heavy atom. The molecule has 2 aromatic rings. The molecule has 2 amide bonds. The molecule has 8 heteroatoms. The van der Waals surface area contributed by atoms with E-state index in [0.717, 1.165) is 17.5 Å². The van der Waals surface area contributed by atoms with Gasteiger partial charge in [0.15, 0.2) is 0 Å². The van der Waals surface area contributed by atoms with Gasteiger partial charge in [-0.1, -0.05) is 43.7 Å². The first-order chi connectivity index (χ1) is 17.4. The van der Waals surface area contributed by atoms with E-state index in [1.54, 1.807) is 29.2 Å². The number of ether oxygens (including phenoxy) is 1. The van der Waals surface area contributed by atoms with E-state index in [4.69, 9.17) is 4.74 Å². The molecule has 0 saturated carbocycles. The number of carbonyl (C=O) groups is 2. The van der Waals surface area contributed by atoms with Crippen LogP contribution in [0.5, 0.6) is 5.75 Å². The Morgan fingerprint density at radius 3 is 2.72 bits per heavy atom. The molecule has 36 heavy (non-hydrogen) atoms. The summed E-state index contributed by atoms with van der Waals surface area (Å²) in [6.07, 6.45) is 2.08. The molecule has 1 heterocycles. The van der Waals surface area contributed by atoms with Crippen LogP contribution in [0.2, 0.25) is 0 Å². The second-order valence-electron chi connectivity index (χ2n) is 9.25. The number of carbonyl (C=O) groups excluding carboxylic acids is 2. The van der Waals surface area contributed by atoms with Crippen LogP contribution in [0.25, 0.3) is 0 Å². The predicted molar refractivity (Wildman–Crippen MR) is 133 cm³/mol. The standard InChI is InChI=1S/C28H33FN2O5/c1-2-3-11-24(33)31(14-12-18-7-6-8-19(29)16-18)22-17-21(28(35)30-13-15-32)25-20-9-4-5-10-23(20)36-27(25)26(22)34/h4-10,16-17,22,25-27,32,34H,2-3,11-15H2,1H3,(H,30,35). The molecule has 1 aliphatic carbocycles. The minimum absolute atomic E-state index is 0.0853. The van der Waals surface area contributed by atoms with Crippen molar-refractivity contribution in [2.75, 3.05) is 19.7 Å². The molecule has 4 rings (SSSR count). The maximum absolute atomic E-state index is 13.7. The quantitative estimate of drug-likeness (QED) is 0.470. The number of aliphatic hydroxyl groups is 2. The monoisotopic (exact) mass is 496 g/mol. The molecule has 0 spiro atoms. The van der Waals surface area contributed by atoms with E-state index < -0.39 is 24.2 Å². The van der Waals surface area contributed by atoms with Crippen LogP contribution in [0, 0.1) is 5.82 Å². The van der Waals surface area contributed by atoms with Crippen molar-refractivity contribution in [3.05, 3.63) is 77.1 Å². The molecular weight excluding hydrogens is 463 g/mol. The van der Waals surface area contributed by atoms with Crippen LogP contribution in [-0.4, -0.2) is 64.9 Å². The lowest BCUT2D eigenvalue weighted by molar-refractivity contribution is -0.137. The Labute approximate surface area is 210 Å². The fraction of sp³-hybridized carbons (Fsp3) is 0.429. The molecule has 1 aliphatic heterocycles. The lowest BCUT2D eigenvalue weighted by atomic mass is 9.77. The van der Waals surface area contributed by atoms with E-state index in [2.05, 4.69) is 5.32 Å². The van der Waals surface area contributed by atoms with Crippen LogP contribution in [0.15, 0.2) is 60.2 Å². The summed E-state index contributed by atoms with van der Waals surface area (Å²) >= 11 is 0. The van der Waals surface area contributed by atoms with Gasteiger partial charge in [0.25, 0.3) is 0 Å². The minimum Gasteiger partial charge on any atom is -0.486 e. The molecule has 3 N–H and O–H groups in total. The maximum Gasteiger partial charge on any atom is 0.247 e. The van der Waals surface area contributed by atoms with Crippen molar-refractivity contribution in [3.63, 3.8) is 0 Å². The summed E-state index contributed by atoms with van der Waals surface area (Å²) < 4.78 is 19.9. The molecule has 0 bridgehead atoms. The molecule has 7 nitrogen and oxygen atoms in total. The average molecular weight is 497 g/mol. The van der Waals surface area contributed by atoms with Gasteiger partial charge in [0.2, 0.25) is 11.8 Å². The third-order valence-electron chi connectivity index (χ3n) is 6.83. The van der Waals surface area contributed by atoms with Gasteiger partial charge in [-0.05, 0) is 42.7 Å². The number of aliphatic hydroxyl groups excluding tert-OH is 2. The van der Waals surface area contributed by atoms with Gasteiger partial charge in [0.1, 0.15) is 23.8 Å². The highest BCUT2D eigenvalue weighted by Crippen LogP contribution is 2.47. The van der Waals surface area contributed by atoms with Gasteiger partial charge in [-0.15, -0.1) is 0 Å². The molecule has 2 aromatic carbocycles. The van der Waals surface area contributed by atoms with Crippen molar-refractivity contribution in [3.8, 4) is 5.75 Å². The van der Waals surface area contributed by atoms with Crippen molar-refractivity contribution in [2.45, 2.75) is 56.8 Å². The molecule has 4 unspecified atom stereocenters. The number of amides is 2. The van der Waals surface area contributed by atoms with Crippen molar-refractivity contribution < 1.29 is 28.9 Å². The number of fused-ring (bicyclic) bond motifs is 3. The Bertz CT molecular complexity index is 1120. The van der Waals surface area contributed by atoms with Crippen molar-refractivity contribution in [1.82, 2.24) is 10.2 Å². The lowest BCUT2D eigenvalue weighted by Crippen LogP contribution is -2.56. The summed E-state index contributed by atoms with van der Waals surface area (Å²) in [6.45, 7) is 2.13. The van der Waals surface area contributed by atoms with E-state index >= 15 is 0 Å². The SMILES string of the molecule is CCCCC(=O)N(CCc1cccc(F)c1)C1C=C(C(=O)NCCO)C2c3ccccc3OC2C1O. The first kappa shape index (κ1) is 25.9. The Hall–Kier alpha value is -3.23. The van der Waals surface area contributed by atoms with Crippen LogP contribution in [0.4, 0.5) is 4.39 Å². The van der Waals surface area contributed by atoms with Crippen LogP contribution in [0.1, 0.15) is 43.2 Å². The summed E-state index contributed by atoms with van der Waals surface area (Å²) in [5.74, 6) is -0.768. The van der Waals surface area contributed by atoms with Gasteiger partial charge >= 0.3 is 0 Å². The largest absolute Gasteiger partial charge is 0.486 e. The first-order valence-electron chi connectivity index (χ1n) is 12.5. The third kappa shape index (κ3) is 5.44. The maximum atomic E-state index is 13.7. The van der Waals surface area contributed by atoms with Crippen molar-refractivity contribution in [1.29, 1.82) is 0 Å². The zero-order valence-electron chi connectivity index (χ0n) is 20.4. The van der Waals surface area contributed by atoms with E-state index in [1.165, 1.54) is 12.1 Å². The lowest BCUT2D eigenvalue weighted by Gasteiger charge is -2.41. The number of hydrogen-bond donors (Lipinski definition) is 3. The van der Waals surface area contributed by atoms with E-state index in [1.807, 2.05) is 25.1 Å². The second-order valence-corrected chi connectivity index (χ2v) is 9.25. The molecule has 0 aromatic heterocycles. The molecule has 0 fully saturated rings. The van der Waals surface area contributed by atoms with Gasteiger partial charge in [-0.25, -0.2) is 4.39 Å². The smallest absolute Gasteiger partial charge is 0.247 e. The van der Waals surface area contributed by atoms with Crippen LogP contribution in [-0.2, 0) is 16.0 Å². The zero-order chi connectivity index (χ0) is 25.7. The van der Waals surface area contributed by atoms with Crippen LogP contribution < -0.4 is 10.1 Å². The van der Waals surface area contributed by atoms with Gasteiger partial charge in [-0.2, -0.15) is 0 Å². The summed E-state index contributed by atoms with van der Waals surface area (Å²) in [5, 5.41) is 23.4. The van der Waals surface area contributed by atoms with E-state index in [0.29, 0.717) is 30.6 Å². The fourth-order valence-corrected chi connectivity index (χ4v) is 5.04. The number of hydrogen-bond acceptors (Lipinski definition) is 5. The van der Waals surface area contributed by atoms with E-state index in [-0.39, 0.29) is 37.3 Å². The van der Waals surface area contributed by atoms with Crippen LogP contribution >= 0.6 is 0 Å². The fourth-order valence-electron chi connectivity index (χ4n) is 5.04. The molecular formula is C28H33FN2O5. The number of rotatable bonds is 10. The zero-order valence-corrected chi connectivity index (χ0v) is 20.4. The Morgan fingerprint density at radius 2 is 1.97 bits per heavy atom.